The summed E-state index contributed by atoms with van der Waals surface area (Å²) < 4.78 is 11.0. The summed E-state index contributed by atoms with van der Waals surface area (Å²) in [5.41, 5.74) is 6.31. The topological polar surface area (TPSA) is 114 Å². The predicted octanol–water partition coefficient (Wildman–Crippen LogP) is 5.02. The molecule has 1 heterocycles. The van der Waals surface area contributed by atoms with E-state index in [2.05, 4.69) is 10.1 Å². The van der Waals surface area contributed by atoms with Gasteiger partial charge in [-0.05, 0) is 77.3 Å². The van der Waals surface area contributed by atoms with Crippen LogP contribution in [0, 0.1) is 18.8 Å². The van der Waals surface area contributed by atoms with Crippen LogP contribution in [0.4, 0.5) is 4.79 Å². The monoisotopic (exact) mass is 561 g/mol. The summed E-state index contributed by atoms with van der Waals surface area (Å²) in [4.78, 5) is 26.9. The Bertz CT molecular complexity index is 1070. The van der Waals surface area contributed by atoms with Crippen molar-refractivity contribution in [1.82, 2.24) is 10.2 Å². The number of methoxy groups -OCH3 is 1. The second-order valence-electron chi connectivity index (χ2n) is 10.8. The van der Waals surface area contributed by atoms with Gasteiger partial charge in [0.25, 0.3) is 0 Å². The number of hydrogen-bond acceptors (Lipinski definition) is 6. The summed E-state index contributed by atoms with van der Waals surface area (Å²) in [6.07, 6.45) is 6.01. The molecule has 0 radical (unpaired) electrons. The largest absolute Gasteiger partial charge is 0.455 e. The Morgan fingerprint density at radius 2 is 2.03 bits per heavy atom. The van der Waals surface area contributed by atoms with Gasteiger partial charge in [0.1, 0.15) is 11.5 Å². The molecule has 1 aliphatic carbocycles. The molecule has 8 nitrogen and oxygen atoms in total. The smallest absolute Gasteiger partial charge is 0.406 e. The highest BCUT2D eigenvalue weighted by molar-refractivity contribution is 6.31. The van der Waals surface area contributed by atoms with E-state index in [1.165, 1.54) is 7.11 Å². The average molecular weight is 562 g/mol. The van der Waals surface area contributed by atoms with Gasteiger partial charge >= 0.3 is 6.09 Å². The number of alkyl carbamates (subject to hydrolysis) is 1. The number of benzene rings is 1. The Balaban J connectivity index is 1.94. The number of aliphatic hydroxyl groups is 1. The number of halogens is 1. The molecule has 39 heavy (non-hydrogen) atoms. The van der Waals surface area contributed by atoms with Crippen molar-refractivity contribution in [3.8, 4) is 5.75 Å². The standard InChI is InChI=1S/C30H44ClN3O5/c1-5-25(31)27(39-26-12-7-6-10-20(26)2)21(3)30(37,15-9-16-33-29(36)38-4)23-11-8-17-34(19-23)28(35)22-13-14-24(32)18-22/h5-7,10,12,22-24,37H,8-9,11,13-19,32H2,1-4H3,(H,33,36)/b25-5+,27-21-/t22-,23-,24+,30-/m1/s1. The number of likely N-dealkylation sites (tertiary alicyclic amines) is 1. The molecule has 216 valence electrons. The van der Waals surface area contributed by atoms with E-state index in [1.807, 2.05) is 49.9 Å². The van der Waals surface area contributed by atoms with Crippen LogP contribution >= 0.6 is 11.6 Å². The molecule has 0 bridgehead atoms. The number of nitrogens with zero attached hydrogens (tertiary/aromatic N) is 1. The van der Waals surface area contributed by atoms with Crippen molar-refractivity contribution in [2.75, 3.05) is 26.7 Å². The van der Waals surface area contributed by atoms with Crippen LogP contribution in [-0.4, -0.2) is 60.4 Å². The number of aryl methyl sites for hydroxylation is 1. The minimum Gasteiger partial charge on any atom is -0.455 e. The maximum absolute atomic E-state index is 13.4. The zero-order valence-electron chi connectivity index (χ0n) is 23.7. The zero-order valence-corrected chi connectivity index (χ0v) is 24.4. The van der Waals surface area contributed by atoms with Crippen LogP contribution in [0.15, 0.2) is 46.7 Å². The van der Waals surface area contributed by atoms with E-state index in [9.17, 15) is 14.7 Å². The summed E-state index contributed by atoms with van der Waals surface area (Å²) in [6, 6.07) is 7.73. The SMILES string of the molecule is C/C=C(Cl)\C(Oc1ccccc1C)=C(/C)[C@](O)(CCCNC(=O)OC)[C@@H]1CCCN(C(=O)[C@@H]2CC[C@H](N)C2)C1. The van der Waals surface area contributed by atoms with Gasteiger partial charge < -0.3 is 30.5 Å². The molecule has 0 unspecified atom stereocenters. The van der Waals surface area contributed by atoms with E-state index in [4.69, 9.17) is 22.1 Å². The van der Waals surface area contributed by atoms with Gasteiger partial charge in [-0.2, -0.15) is 0 Å². The van der Waals surface area contributed by atoms with E-state index in [-0.39, 0.29) is 23.8 Å². The summed E-state index contributed by atoms with van der Waals surface area (Å²) in [5, 5.41) is 15.6. The molecule has 2 fully saturated rings. The van der Waals surface area contributed by atoms with Crippen molar-refractivity contribution >= 4 is 23.6 Å². The van der Waals surface area contributed by atoms with Gasteiger partial charge in [0.2, 0.25) is 5.91 Å². The quantitative estimate of drug-likeness (QED) is 0.210. The maximum atomic E-state index is 13.4. The molecule has 0 spiro atoms. The van der Waals surface area contributed by atoms with E-state index < -0.39 is 11.7 Å². The second kappa shape index (κ2) is 14.2. The molecule has 1 aromatic carbocycles. The highest BCUT2D eigenvalue weighted by Gasteiger charge is 2.44. The van der Waals surface area contributed by atoms with Crippen molar-refractivity contribution in [1.29, 1.82) is 0 Å². The molecular weight excluding hydrogens is 518 g/mol. The first-order chi connectivity index (χ1) is 18.6. The third kappa shape index (κ3) is 7.77. The number of para-hydroxylation sites is 1. The number of nitrogens with two attached hydrogens (primary N) is 1. The number of carbonyl (C=O) groups is 2. The first kappa shape index (κ1) is 31.0. The van der Waals surface area contributed by atoms with Crippen molar-refractivity contribution in [2.45, 2.75) is 77.4 Å². The third-order valence-corrected chi connectivity index (χ3v) is 8.58. The van der Waals surface area contributed by atoms with Gasteiger partial charge in [0, 0.05) is 43.1 Å². The number of ether oxygens (including phenoxy) is 2. The molecule has 3 rings (SSSR count). The van der Waals surface area contributed by atoms with E-state index in [0.29, 0.717) is 61.0 Å². The van der Waals surface area contributed by atoms with Crippen molar-refractivity contribution in [3.05, 3.63) is 52.3 Å². The number of nitrogens with one attached hydrogen (secondary N) is 1. The lowest BCUT2D eigenvalue weighted by Gasteiger charge is -2.44. The molecule has 9 heteroatoms. The molecule has 1 aromatic rings. The summed E-state index contributed by atoms with van der Waals surface area (Å²) in [5.74, 6) is 0.902. The van der Waals surface area contributed by atoms with E-state index >= 15 is 0 Å². The average Bonchev–Trinajstić information content (AvgIpc) is 3.39. The molecule has 1 saturated heterocycles. The lowest BCUT2D eigenvalue weighted by atomic mass is 9.73. The van der Waals surface area contributed by atoms with Gasteiger partial charge in [-0.3, -0.25) is 4.79 Å². The summed E-state index contributed by atoms with van der Waals surface area (Å²) in [7, 11) is 1.32. The fraction of sp³-hybridized carbons (Fsp3) is 0.600. The Labute approximate surface area is 237 Å². The molecule has 4 atom stereocenters. The van der Waals surface area contributed by atoms with Crippen LogP contribution in [0.2, 0.25) is 0 Å². The normalized spacial score (nSPS) is 24.0. The first-order valence-electron chi connectivity index (χ1n) is 14.0. The van der Waals surface area contributed by atoms with Crippen LogP contribution in [0.25, 0.3) is 0 Å². The highest BCUT2D eigenvalue weighted by atomic mass is 35.5. The fourth-order valence-electron chi connectivity index (χ4n) is 5.80. The van der Waals surface area contributed by atoms with Crippen LogP contribution in [0.3, 0.4) is 0 Å². The Kier molecular flexibility index (Phi) is 11.3. The van der Waals surface area contributed by atoms with E-state index in [0.717, 1.165) is 31.2 Å². The number of amides is 2. The number of hydrogen-bond donors (Lipinski definition) is 3. The lowest BCUT2D eigenvalue weighted by molar-refractivity contribution is -0.139. The number of piperidine rings is 1. The van der Waals surface area contributed by atoms with Crippen molar-refractivity contribution in [3.63, 3.8) is 0 Å². The predicted molar refractivity (Wildman–Crippen MR) is 153 cm³/mol. The molecule has 1 aliphatic heterocycles. The zero-order chi connectivity index (χ0) is 28.6. The van der Waals surface area contributed by atoms with Gasteiger partial charge in [-0.25, -0.2) is 4.79 Å². The first-order valence-corrected chi connectivity index (χ1v) is 14.3. The van der Waals surface area contributed by atoms with Gasteiger partial charge in [-0.1, -0.05) is 35.9 Å². The van der Waals surface area contributed by atoms with E-state index in [1.54, 1.807) is 6.08 Å². The molecule has 2 amide bonds. The number of rotatable bonds is 10. The Morgan fingerprint density at radius 3 is 2.67 bits per heavy atom. The Morgan fingerprint density at radius 1 is 1.28 bits per heavy atom. The number of carbonyl (C=O) groups excluding carboxylic acids is 2. The summed E-state index contributed by atoms with van der Waals surface area (Å²) >= 11 is 6.69. The minimum absolute atomic E-state index is 0.0508. The van der Waals surface area contributed by atoms with Crippen molar-refractivity contribution in [2.24, 2.45) is 17.6 Å². The molecular formula is C30H44ClN3O5. The Hall–Kier alpha value is -2.55. The third-order valence-electron chi connectivity index (χ3n) is 8.19. The van der Waals surface area contributed by atoms with Crippen molar-refractivity contribution < 1.29 is 24.2 Å². The van der Waals surface area contributed by atoms with Gasteiger partial charge in [0.05, 0.1) is 17.7 Å². The molecule has 0 aromatic heterocycles. The van der Waals surface area contributed by atoms with Crippen LogP contribution in [0.1, 0.15) is 64.4 Å². The minimum atomic E-state index is -1.33. The van der Waals surface area contributed by atoms with Crippen LogP contribution < -0.4 is 15.8 Å². The molecule has 1 saturated carbocycles. The maximum Gasteiger partial charge on any atom is 0.406 e. The van der Waals surface area contributed by atoms with Crippen LogP contribution in [-0.2, 0) is 9.53 Å². The van der Waals surface area contributed by atoms with Gasteiger partial charge in [0.15, 0.2) is 0 Å². The lowest BCUT2D eigenvalue weighted by Crippen LogP contribution is -2.51. The highest BCUT2D eigenvalue weighted by Crippen LogP contribution is 2.41. The van der Waals surface area contributed by atoms with Crippen LogP contribution in [0.5, 0.6) is 5.75 Å². The fourth-order valence-corrected chi connectivity index (χ4v) is 5.98. The second-order valence-corrected chi connectivity index (χ2v) is 11.2. The molecule has 2 aliphatic rings. The molecule has 4 N–H and O–H groups in total. The summed E-state index contributed by atoms with van der Waals surface area (Å²) in [6.45, 7) is 7.08. The van der Waals surface area contributed by atoms with Gasteiger partial charge in [-0.15, -0.1) is 0 Å². The number of allylic oxidation sites excluding steroid dienone is 2.